The van der Waals surface area contributed by atoms with Gasteiger partial charge in [-0.15, -0.1) is 0 Å². The van der Waals surface area contributed by atoms with Crippen molar-refractivity contribution in [2.45, 2.75) is 51.7 Å². The van der Waals surface area contributed by atoms with Crippen LogP contribution in [0, 0.1) is 5.92 Å². The number of amides is 2. The quantitative estimate of drug-likeness (QED) is 0.463. The molecular weight excluding hydrogens is 382 g/mol. The second-order valence-corrected chi connectivity index (χ2v) is 8.48. The van der Waals surface area contributed by atoms with Crippen molar-refractivity contribution in [1.29, 1.82) is 0 Å². The zero-order valence-electron chi connectivity index (χ0n) is 17.6. The molecule has 5 heteroatoms. The molecule has 1 aliphatic heterocycles. The number of allylic oxidation sites excluding steroid dienone is 4. The second-order valence-electron chi connectivity index (χ2n) is 7.30. The molecule has 4 nitrogen and oxygen atoms in total. The van der Waals surface area contributed by atoms with Crippen molar-refractivity contribution in [1.82, 2.24) is 5.32 Å². The molecule has 29 heavy (non-hydrogen) atoms. The maximum Gasteiger partial charge on any atom is 0.286 e. The molecular formula is C24H31NO3S. The molecule has 0 aliphatic carbocycles. The molecule has 2 amide bonds. The highest BCUT2D eigenvalue weighted by Crippen LogP contribution is 2.24. The first-order valence-corrected chi connectivity index (χ1v) is 11.1. The Labute approximate surface area is 178 Å². The van der Waals surface area contributed by atoms with E-state index in [2.05, 4.69) is 50.9 Å². The minimum atomic E-state index is -0.341. The summed E-state index contributed by atoms with van der Waals surface area (Å²) in [6, 6.07) is 7.68. The largest absolute Gasteiger partial charge is 0.493 e. The van der Waals surface area contributed by atoms with Crippen molar-refractivity contribution in [2.75, 3.05) is 6.61 Å². The van der Waals surface area contributed by atoms with Gasteiger partial charge >= 0.3 is 0 Å². The molecule has 1 aliphatic rings. The number of nitrogens with one attached hydrogen (secondary N) is 1. The first-order valence-electron chi connectivity index (χ1n) is 10.2. The third kappa shape index (κ3) is 7.94. The predicted molar refractivity (Wildman–Crippen MR) is 121 cm³/mol. The van der Waals surface area contributed by atoms with Crippen molar-refractivity contribution >= 4 is 22.9 Å². The zero-order valence-corrected chi connectivity index (χ0v) is 18.4. The molecule has 1 fully saturated rings. The lowest BCUT2D eigenvalue weighted by Crippen LogP contribution is -2.25. The molecule has 0 radical (unpaired) electrons. The van der Waals surface area contributed by atoms with Gasteiger partial charge in [0.25, 0.3) is 5.24 Å². The van der Waals surface area contributed by atoms with E-state index < -0.39 is 0 Å². The molecule has 0 spiro atoms. The number of carbonyl (C=O) groups is 2. The lowest BCUT2D eigenvalue weighted by molar-refractivity contribution is -0.118. The lowest BCUT2D eigenvalue weighted by Gasteiger charge is -2.09. The molecule has 2 rings (SSSR count). The predicted octanol–water partition coefficient (Wildman–Crippen LogP) is 5.84. The molecule has 0 bridgehead atoms. The standard InChI is InChI=1S/C24H31NO3S/c1-5-17(3)15-19(6-2)8-7-18(4)13-14-28-21-11-9-20(10-12-21)16-22-23(26)25-24(27)29-22/h7-12,15,17,22H,4-6,13-14,16H2,1-3H3,(H,25,26,27)/b8-7-,19-15-/t17-,22?/m1/s1. The van der Waals surface area contributed by atoms with Gasteiger partial charge in [-0.05, 0) is 36.5 Å². The van der Waals surface area contributed by atoms with E-state index in [0.717, 1.165) is 47.9 Å². The third-order valence-electron chi connectivity index (χ3n) is 4.89. The fourth-order valence-electron chi connectivity index (χ4n) is 2.85. The molecule has 0 saturated carbocycles. The SMILES string of the molecule is C=C(/C=C\C(=C/[C@H](C)CC)CC)CCOc1ccc(CC2SC(=O)NC2=O)cc1. The van der Waals surface area contributed by atoms with Gasteiger partial charge in [0.15, 0.2) is 0 Å². The molecule has 1 aromatic carbocycles. The summed E-state index contributed by atoms with van der Waals surface area (Å²) in [5.41, 5.74) is 3.39. The fraction of sp³-hybridized carbons (Fsp3) is 0.417. The van der Waals surface area contributed by atoms with Gasteiger partial charge in [0, 0.05) is 6.42 Å². The summed E-state index contributed by atoms with van der Waals surface area (Å²) in [7, 11) is 0. The average molecular weight is 414 g/mol. The highest BCUT2D eigenvalue weighted by molar-refractivity contribution is 8.15. The van der Waals surface area contributed by atoms with Crippen LogP contribution in [0.2, 0.25) is 0 Å². The number of imide groups is 1. The van der Waals surface area contributed by atoms with Gasteiger partial charge in [-0.1, -0.05) is 87.0 Å². The topological polar surface area (TPSA) is 55.4 Å². The Morgan fingerprint density at radius 2 is 1.97 bits per heavy atom. The highest BCUT2D eigenvalue weighted by Gasteiger charge is 2.31. The number of hydrogen-bond acceptors (Lipinski definition) is 4. The molecule has 1 heterocycles. The van der Waals surface area contributed by atoms with Crippen LogP contribution in [-0.4, -0.2) is 23.0 Å². The summed E-state index contributed by atoms with van der Waals surface area (Å²) in [5, 5.41) is 1.70. The Bertz CT molecular complexity index is 780. The normalized spacial score (nSPS) is 18.2. The van der Waals surface area contributed by atoms with Gasteiger partial charge in [-0.3, -0.25) is 14.9 Å². The van der Waals surface area contributed by atoms with Crippen LogP contribution >= 0.6 is 11.8 Å². The van der Waals surface area contributed by atoms with Crippen LogP contribution in [0.4, 0.5) is 4.79 Å². The molecule has 1 saturated heterocycles. The number of carbonyl (C=O) groups excluding carboxylic acids is 2. The maximum absolute atomic E-state index is 11.6. The highest BCUT2D eigenvalue weighted by atomic mass is 32.2. The monoisotopic (exact) mass is 413 g/mol. The van der Waals surface area contributed by atoms with Crippen LogP contribution in [0.25, 0.3) is 0 Å². The van der Waals surface area contributed by atoms with E-state index in [0.29, 0.717) is 18.9 Å². The second kappa shape index (κ2) is 11.7. The minimum Gasteiger partial charge on any atom is -0.493 e. The van der Waals surface area contributed by atoms with Crippen molar-refractivity contribution in [3.8, 4) is 5.75 Å². The van der Waals surface area contributed by atoms with Gasteiger partial charge in [0.05, 0.1) is 11.9 Å². The van der Waals surface area contributed by atoms with Crippen molar-refractivity contribution in [3.63, 3.8) is 0 Å². The van der Waals surface area contributed by atoms with E-state index in [1.165, 1.54) is 5.57 Å². The van der Waals surface area contributed by atoms with Crippen LogP contribution in [0.15, 0.2) is 60.2 Å². The van der Waals surface area contributed by atoms with Crippen LogP contribution in [0.1, 0.15) is 45.6 Å². The first kappa shape index (κ1) is 23.0. The van der Waals surface area contributed by atoms with Crippen molar-refractivity contribution in [2.24, 2.45) is 5.92 Å². The smallest absolute Gasteiger partial charge is 0.286 e. The van der Waals surface area contributed by atoms with Crippen molar-refractivity contribution < 1.29 is 14.3 Å². The Hall–Kier alpha value is -2.27. The number of benzene rings is 1. The van der Waals surface area contributed by atoms with Gasteiger partial charge in [0.2, 0.25) is 5.91 Å². The van der Waals surface area contributed by atoms with Gasteiger partial charge < -0.3 is 4.74 Å². The van der Waals surface area contributed by atoms with E-state index in [9.17, 15) is 9.59 Å². The number of ether oxygens (including phenoxy) is 1. The minimum absolute atomic E-state index is 0.211. The Morgan fingerprint density at radius 1 is 1.24 bits per heavy atom. The van der Waals surface area contributed by atoms with Crippen LogP contribution < -0.4 is 10.1 Å². The summed E-state index contributed by atoms with van der Waals surface area (Å²) in [6.45, 7) is 11.3. The first-order chi connectivity index (χ1) is 13.9. The summed E-state index contributed by atoms with van der Waals surface area (Å²) < 4.78 is 5.81. The summed E-state index contributed by atoms with van der Waals surface area (Å²) in [4.78, 5) is 22.9. The van der Waals surface area contributed by atoms with Gasteiger partial charge in [-0.25, -0.2) is 0 Å². The number of thioether (sulfide) groups is 1. The maximum atomic E-state index is 11.6. The van der Waals surface area contributed by atoms with E-state index in [1.807, 2.05) is 24.3 Å². The van der Waals surface area contributed by atoms with Gasteiger partial charge in [0.1, 0.15) is 5.75 Å². The molecule has 1 N–H and O–H groups in total. The van der Waals surface area contributed by atoms with Crippen LogP contribution in [0.3, 0.4) is 0 Å². The zero-order chi connectivity index (χ0) is 21.2. The summed E-state index contributed by atoms with van der Waals surface area (Å²) in [5.74, 6) is 1.17. The Morgan fingerprint density at radius 3 is 2.55 bits per heavy atom. The van der Waals surface area contributed by atoms with E-state index in [-0.39, 0.29) is 16.4 Å². The van der Waals surface area contributed by atoms with Crippen LogP contribution in [-0.2, 0) is 11.2 Å². The van der Waals surface area contributed by atoms with E-state index in [4.69, 9.17) is 4.74 Å². The van der Waals surface area contributed by atoms with E-state index >= 15 is 0 Å². The number of hydrogen-bond donors (Lipinski definition) is 1. The Kier molecular flexibility index (Phi) is 9.26. The fourth-order valence-corrected chi connectivity index (χ4v) is 3.71. The average Bonchev–Trinajstić information content (AvgIpc) is 3.02. The molecule has 2 atom stereocenters. The molecule has 156 valence electrons. The molecule has 0 aromatic heterocycles. The number of rotatable bonds is 11. The molecule has 1 unspecified atom stereocenters. The summed E-state index contributed by atoms with van der Waals surface area (Å²) in [6.07, 6.45) is 10.0. The Balaban J connectivity index is 1.76. The van der Waals surface area contributed by atoms with Crippen molar-refractivity contribution in [3.05, 3.63) is 65.8 Å². The lowest BCUT2D eigenvalue weighted by atomic mass is 10.0. The third-order valence-corrected chi connectivity index (χ3v) is 5.87. The summed E-state index contributed by atoms with van der Waals surface area (Å²) >= 11 is 1.05. The van der Waals surface area contributed by atoms with Crippen LogP contribution in [0.5, 0.6) is 5.75 Å². The van der Waals surface area contributed by atoms with E-state index in [1.54, 1.807) is 0 Å². The molecule has 1 aromatic rings. The van der Waals surface area contributed by atoms with Gasteiger partial charge in [-0.2, -0.15) is 0 Å².